The van der Waals surface area contributed by atoms with Crippen molar-refractivity contribution in [3.63, 3.8) is 0 Å². The summed E-state index contributed by atoms with van der Waals surface area (Å²) in [7, 11) is -5.14. The summed E-state index contributed by atoms with van der Waals surface area (Å²) < 4.78 is 29.4. The van der Waals surface area contributed by atoms with E-state index in [2.05, 4.69) is 5.50 Å². The molecule has 0 saturated heterocycles. The van der Waals surface area contributed by atoms with Gasteiger partial charge in [-0.1, -0.05) is 0 Å². The van der Waals surface area contributed by atoms with Gasteiger partial charge in [0.15, 0.2) is 0 Å². The Morgan fingerprint density at radius 3 is 1.60 bits per heavy atom. The molecule has 0 aromatic rings. The fourth-order valence-electron chi connectivity index (χ4n) is 0. The third kappa shape index (κ3) is 6810. The summed E-state index contributed by atoms with van der Waals surface area (Å²) in [5, 5.41) is 0. The molecule has 0 aromatic heterocycles. The molecule has 5 heavy (non-hydrogen) atoms. The number of hydrogen-bond acceptors (Lipinski definition) is 1. The second-order valence-corrected chi connectivity index (χ2v) is 1.51. The molecule has 0 aromatic carbocycles. The van der Waals surface area contributed by atoms with Crippen LogP contribution in [-0.4, -0.2) is 0 Å². The summed E-state index contributed by atoms with van der Waals surface area (Å²) in [5.41, 5.74) is 3.58. The molecule has 0 fully saturated rings. The minimum absolute atomic E-state index is 3.58. The van der Waals surface area contributed by atoms with Crippen molar-refractivity contribution < 1.29 is 13.0 Å². The van der Waals surface area contributed by atoms with E-state index in [4.69, 9.17) is 4.57 Å². The lowest BCUT2D eigenvalue weighted by atomic mass is 13.9. The molecule has 0 aliphatic rings. The van der Waals surface area contributed by atoms with E-state index in [0.717, 1.165) is 0 Å². The maximum Gasteiger partial charge on any atom is 0.477 e. The zero-order valence-electron chi connectivity index (χ0n) is 2.19. The van der Waals surface area contributed by atoms with Crippen LogP contribution in [0.15, 0.2) is 0 Å². The normalized spacial score (nSPS) is 11.8. The summed E-state index contributed by atoms with van der Waals surface area (Å²) in [6.07, 6.45) is 0. The first-order valence-corrected chi connectivity index (χ1v) is 2.34. The van der Waals surface area contributed by atoms with Crippen LogP contribution in [0.4, 0.5) is 8.39 Å². The van der Waals surface area contributed by atoms with Gasteiger partial charge < -0.3 is 0 Å². The second kappa shape index (κ2) is 1.03. The molecule has 0 heterocycles. The van der Waals surface area contributed by atoms with Gasteiger partial charge in [-0.15, -0.1) is 8.39 Å². The molecule has 0 bridgehead atoms. The lowest BCUT2D eigenvalue weighted by molar-refractivity contribution is 0.496. The Kier molecular flexibility index (Phi) is 1.04. The van der Waals surface area contributed by atoms with Crippen molar-refractivity contribution in [2.24, 2.45) is 5.50 Å². The molecule has 0 radical (unpaired) electrons. The minimum atomic E-state index is -5.14. The van der Waals surface area contributed by atoms with Crippen molar-refractivity contribution in [2.45, 2.75) is 0 Å². The second-order valence-electron chi connectivity index (χ2n) is 0.502. The fraction of sp³-hybridized carbons (Fsp3) is 0. The highest BCUT2D eigenvalue weighted by molar-refractivity contribution is 7.50. The van der Waals surface area contributed by atoms with E-state index in [1.54, 1.807) is 0 Å². The molecule has 2 N–H and O–H groups in total. The maximum atomic E-state index is 10.4. The van der Waals surface area contributed by atoms with Crippen LogP contribution >= 0.6 is 7.91 Å². The van der Waals surface area contributed by atoms with Gasteiger partial charge in [-0.3, -0.25) is 0 Å². The minimum Gasteiger partial charge on any atom is -0.232 e. The molecule has 0 saturated carbocycles. The monoisotopic (exact) mass is 101 g/mol. The van der Waals surface area contributed by atoms with Crippen molar-refractivity contribution in [3.05, 3.63) is 0 Å². The van der Waals surface area contributed by atoms with E-state index in [1.165, 1.54) is 0 Å². The van der Waals surface area contributed by atoms with Gasteiger partial charge >= 0.3 is 7.91 Å². The Balaban J connectivity index is 3.47. The largest absolute Gasteiger partial charge is 0.477 e. The van der Waals surface area contributed by atoms with Gasteiger partial charge in [-0.2, -0.15) is 0 Å². The fourth-order valence-corrected chi connectivity index (χ4v) is 0. The third-order valence-corrected chi connectivity index (χ3v) is 0. The SMILES string of the molecule is NP(=O)(F)F. The van der Waals surface area contributed by atoms with Crippen LogP contribution in [0.1, 0.15) is 0 Å². The molecule has 5 heteroatoms. The molecule has 0 atom stereocenters. The Bertz CT molecular complexity index is 55.8. The van der Waals surface area contributed by atoms with Crippen LogP contribution < -0.4 is 5.50 Å². The first-order chi connectivity index (χ1) is 2.00. The van der Waals surface area contributed by atoms with Crippen LogP contribution in [0.3, 0.4) is 0 Å². The van der Waals surface area contributed by atoms with Gasteiger partial charge in [0.25, 0.3) is 0 Å². The average molecular weight is 101 g/mol. The zero-order valence-corrected chi connectivity index (χ0v) is 3.08. The lowest BCUT2D eigenvalue weighted by Crippen LogP contribution is -1.74. The highest BCUT2D eigenvalue weighted by Gasteiger charge is 2.05. The van der Waals surface area contributed by atoms with Crippen molar-refractivity contribution in [1.29, 1.82) is 0 Å². The standard InChI is InChI=1S/F2H2NOP/c1-5(2,3)4/h(H2,3,4). The highest BCUT2D eigenvalue weighted by Crippen LogP contribution is 2.38. The number of rotatable bonds is 0. The summed E-state index contributed by atoms with van der Waals surface area (Å²) in [4.78, 5) is 0. The van der Waals surface area contributed by atoms with Gasteiger partial charge in [-0.05, 0) is 0 Å². The summed E-state index contributed by atoms with van der Waals surface area (Å²) in [5.74, 6) is 0. The lowest BCUT2D eigenvalue weighted by Gasteiger charge is -1.75. The smallest absolute Gasteiger partial charge is 0.232 e. The molecular formula is H2F2NOP. The molecule has 0 aliphatic carbocycles. The first-order valence-electron chi connectivity index (χ1n) is 0.779. The molecule has 0 spiro atoms. The number of halogens is 2. The highest BCUT2D eigenvalue weighted by atomic mass is 31.2. The maximum absolute atomic E-state index is 10.4. The van der Waals surface area contributed by atoms with Crippen molar-refractivity contribution in [1.82, 2.24) is 0 Å². The molecule has 2 nitrogen and oxygen atoms in total. The first kappa shape index (κ1) is 5.05. The van der Waals surface area contributed by atoms with E-state index in [1.807, 2.05) is 0 Å². The van der Waals surface area contributed by atoms with Gasteiger partial charge in [0.1, 0.15) is 0 Å². The third-order valence-electron chi connectivity index (χ3n) is 0. The molecular weight excluding hydrogens is 99.0 g/mol. The Labute approximate surface area is 27.6 Å². The molecule has 0 rings (SSSR count). The number of hydrogen-bond donors (Lipinski definition) is 1. The van der Waals surface area contributed by atoms with Crippen LogP contribution in [0.25, 0.3) is 0 Å². The Morgan fingerprint density at radius 2 is 1.60 bits per heavy atom. The van der Waals surface area contributed by atoms with Crippen molar-refractivity contribution >= 4 is 7.91 Å². The van der Waals surface area contributed by atoms with E-state index in [0.29, 0.717) is 0 Å². The molecule has 0 amide bonds. The summed E-state index contributed by atoms with van der Waals surface area (Å²) in [6.45, 7) is 0. The van der Waals surface area contributed by atoms with E-state index in [9.17, 15) is 8.39 Å². The molecule has 0 aliphatic heterocycles. The number of nitrogens with two attached hydrogens (primary N) is 1. The van der Waals surface area contributed by atoms with Gasteiger partial charge in [-0.25, -0.2) is 10.1 Å². The predicted molar refractivity (Wildman–Crippen MR) is 14.0 cm³/mol. The topological polar surface area (TPSA) is 43.1 Å². The van der Waals surface area contributed by atoms with E-state index < -0.39 is 7.91 Å². The zero-order chi connectivity index (χ0) is 4.50. The van der Waals surface area contributed by atoms with Crippen LogP contribution in [0.2, 0.25) is 0 Å². The van der Waals surface area contributed by atoms with Crippen LogP contribution in [0, 0.1) is 0 Å². The van der Waals surface area contributed by atoms with E-state index in [-0.39, 0.29) is 0 Å². The molecule has 32 valence electrons. The summed E-state index contributed by atoms with van der Waals surface area (Å²) >= 11 is 0. The quantitative estimate of drug-likeness (QED) is 0.462. The van der Waals surface area contributed by atoms with Crippen LogP contribution in [-0.2, 0) is 4.57 Å². The molecule has 0 unspecified atom stereocenters. The predicted octanol–water partition coefficient (Wildman–Crippen LogP) is 0.992. The summed E-state index contributed by atoms with van der Waals surface area (Å²) in [6, 6.07) is 0. The van der Waals surface area contributed by atoms with Gasteiger partial charge in [0.05, 0.1) is 0 Å². The Morgan fingerprint density at radius 1 is 1.60 bits per heavy atom. The Hall–Kier alpha value is 0.0500. The average Bonchev–Trinajstić information content (AvgIpc) is 0.722. The van der Waals surface area contributed by atoms with Crippen molar-refractivity contribution in [2.75, 3.05) is 0 Å². The van der Waals surface area contributed by atoms with Gasteiger partial charge in [0.2, 0.25) is 0 Å². The van der Waals surface area contributed by atoms with E-state index >= 15 is 0 Å². The van der Waals surface area contributed by atoms with Crippen LogP contribution in [0.5, 0.6) is 0 Å². The van der Waals surface area contributed by atoms with Crippen molar-refractivity contribution in [3.8, 4) is 0 Å². The van der Waals surface area contributed by atoms with Gasteiger partial charge in [0, 0.05) is 0 Å².